The summed E-state index contributed by atoms with van der Waals surface area (Å²) in [5.41, 5.74) is 0.00304. The summed E-state index contributed by atoms with van der Waals surface area (Å²) in [5.74, 6) is 1.16. The van der Waals surface area contributed by atoms with Gasteiger partial charge in [-0.1, -0.05) is 11.6 Å². The van der Waals surface area contributed by atoms with Gasteiger partial charge in [-0.15, -0.1) is 11.8 Å². The van der Waals surface area contributed by atoms with Gasteiger partial charge in [0.05, 0.1) is 18.0 Å². The third-order valence-electron chi connectivity index (χ3n) is 3.15. The lowest BCUT2D eigenvalue weighted by molar-refractivity contribution is -0.384. The minimum absolute atomic E-state index is 0.00304. The second kappa shape index (κ2) is 9.90. The van der Waals surface area contributed by atoms with Gasteiger partial charge in [-0.05, 0) is 36.4 Å². The molecular weight excluding hydrogens is 364 g/mol. The maximum Gasteiger partial charge on any atom is 0.269 e. The van der Waals surface area contributed by atoms with Crippen molar-refractivity contribution in [2.24, 2.45) is 0 Å². The number of non-ortho nitro benzene ring substituents is 1. The fourth-order valence-corrected chi connectivity index (χ4v) is 2.80. The Bertz CT molecular complexity index is 708. The highest BCUT2D eigenvalue weighted by molar-refractivity contribution is 7.99. The Balaban J connectivity index is 1.59. The maximum absolute atomic E-state index is 11.7. The van der Waals surface area contributed by atoms with E-state index in [0.29, 0.717) is 17.3 Å². The van der Waals surface area contributed by atoms with Gasteiger partial charge in [-0.2, -0.15) is 0 Å². The monoisotopic (exact) mass is 380 g/mol. The predicted octanol–water partition coefficient (Wildman–Crippen LogP) is 3.93. The highest BCUT2D eigenvalue weighted by atomic mass is 35.5. The average Bonchev–Trinajstić information content (AvgIpc) is 2.61. The molecular formula is C17H17ClN2O4S. The minimum atomic E-state index is -0.473. The van der Waals surface area contributed by atoms with Crippen LogP contribution in [-0.4, -0.2) is 29.7 Å². The number of nitrogens with one attached hydrogen (secondary N) is 1. The van der Waals surface area contributed by atoms with Crippen LogP contribution in [0.15, 0.2) is 53.4 Å². The van der Waals surface area contributed by atoms with Crippen LogP contribution >= 0.6 is 23.4 Å². The number of thioether (sulfide) groups is 1. The molecule has 0 bridgehead atoms. The second-order valence-corrected chi connectivity index (χ2v) is 6.61. The highest BCUT2D eigenvalue weighted by Gasteiger charge is 2.05. The molecule has 1 N–H and O–H groups in total. The second-order valence-electron chi connectivity index (χ2n) is 5.00. The first-order valence-electron chi connectivity index (χ1n) is 7.57. The number of nitro benzene ring substituents is 1. The van der Waals surface area contributed by atoms with Gasteiger partial charge in [-0.3, -0.25) is 14.9 Å². The molecule has 2 aromatic carbocycles. The summed E-state index contributed by atoms with van der Waals surface area (Å²) in [6.07, 6.45) is 0.225. The predicted molar refractivity (Wildman–Crippen MR) is 98.4 cm³/mol. The number of benzene rings is 2. The average molecular weight is 381 g/mol. The number of nitro groups is 1. The molecule has 0 heterocycles. The molecule has 132 valence electrons. The molecule has 2 aromatic rings. The summed E-state index contributed by atoms with van der Waals surface area (Å²) >= 11 is 7.46. The van der Waals surface area contributed by atoms with Crippen LogP contribution in [0.3, 0.4) is 0 Å². The van der Waals surface area contributed by atoms with Gasteiger partial charge in [0.15, 0.2) is 0 Å². The number of hydrogen-bond donors (Lipinski definition) is 1. The van der Waals surface area contributed by atoms with Crippen molar-refractivity contribution in [2.75, 3.05) is 18.9 Å². The smallest absolute Gasteiger partial charge is 0.269 e. The summed E-state index contributed by atoms with van der Waals surface area (Å²) in [6.45, 7) is 0.775. The standard InChI is InChI=1S/C17H17ClN2O4S/c18-13-1-7-16(8-2-13)25-12-10-19-17(21)9-11-24-15-5-3-14(4-6-15)20(22)23/h1-8H,9-12H2,(H,19,21). The number of nitrogens with zero attached hydrogens (tertiary/aromatic N) is 1. The first kappa shape index (κ1) is 19.1. The zero-order chi connectivity index (χ0) is 18.1. The lowest BCUT2D eigenvalue weighted by atomic mass is 10.3. The third kappa shape index (κ3) is 7.03. The minimum Gasteiger partial charge on any atom is -0.493 e. The zero-order valence-corrected chi connectivity index (χ0v) is 14.9. The van der Waals surface area contributed by atoms with Crippen molar-refractivity contribution >= 4 is 35.0 Å². The van der Waals surface area contributed by atoms with Crippen LogP contribution in [0.2, 0.25) is 5.02 Å². The Hall–Kier alpha value is -2.25. The molecule has 0 atom stereocenters. The molecule has 0 aliphatic rings. The van der Waals surface area contributed by atoms with Crippen LogP contribution in [0, 0.1) is 10.1 Å². The summed E-state index contributed by atoms with van der Waals surface area (Å²) < 4.78 is 5.40. The van der Waals surface area contributed by atoms with E-state index >= 15 is 0 Å². The number of hydrogen-bond acceptors (Lipinski definition) is 5. The van der Waals surface area contributed by atoms with Gasteiger partial charge in [0.25, 0.3) is 5.69 Å². The SMILES string of the molecule is O=C(CCOc1ccc([N+](=O)[O-])cc1)NCCSc1ccc(Cl)cc1. The normalized spacial score (nSPS) is 10.3. The maximum atomic E-state index is 11.7. The van der Waals surface area contributed by atoms with Crippen molar-refractivity contribution in [3.8, 4) is 5.75 Å². The van der Waals surface area contributed by atoms with Crippen LogP contribution in [0.5, 0.6) is 5.75 Å². The lowest BCUT2D eigenvalue weighted by Gasteiger charge is -2.07. The number of rotatable bonds is 9. The van der Waals surface area contributed by atoms with Gasteiger partial charge >= 0.3 is 0 Å². The van der Waals surface area contributed by atoms with E-state index in [-0.39, 0.29) is 24.6 Å². The van der Waals surface area contributed by atoms with E-state index in [1.807, 2.05) is 24.3 Å². The summed E-state index contributed by atoms with van der Waals surface area (Å²) in [7, 11) is 0. The Morgan fingerprint density at radius 3 is 2.48 bits per heavy atom. The number of carbonyl (C=O) groups is 1. The fraction of sp³-hybridized carbons (Fsp3) is 0.235. The fourth-order valence-electron chi connectivity index (χ4n) is 1.90. The van der Waals surface area contributed by atoms with E-state index in [2.05, 4.69) is 5.32 Å². The number of ether oxygens (including phenoxy) is 1. The van der Waals surface area contributed by atoms with E-state index in [4.69, 9.17) is 16.3 Å². The van der Waals surface area contributed by atoms with E-state index in [0.717, 1.165) is 10.6 Å². The van der Waals surface area contributed by atoms with Crippen LogP contribution < -0.4 is 10.1 Å². The topological polar surface area (TPSA) is 81.5 Å². The number of halogens is 1. The Morgan fingerprint density at radius 2 is 1.84 bits per heavy atom. The molecule has 0 radical (unpaired) electrons. The number of amides is 1. The van der Waals surface area contributed by atoms with Crippen LogP contribution in [0.4, 0.5) is 5.69 Å². The van der Waals surface area contributed by atoms with E-state index in [1.165, 1.54) is 24.3 Å². The summed E-state index contributed by atoms with van der Waals surface area (Å²) in [6, 6.07) is 13.3. The van der Waals surface area contributed by atoms with Gasteiger partial charge in [0.1, 0.15) is 5.75 Å². The Labute approximate surface area is 154 Å². The molecule has 0 aromatic heterocycles. The molecule has 0 saturated heterocycles. The van der Waals surface area contributed by atoms with Crippen molar-refractivity contribution in [1.82, 2.24) is 5.32 Å². The summed E-state index contributed by atoms with van der Waals surface area (Å²) in [5, 5.41) is 14.1. The Morgan fingerprint density at radius 1 is 1.16 bits per heavy atom. The van der Waals surface area contributed by atoms with Crippen molar-refractivity contribution in [3.63, 3.8) is 0 Å². The van der Waals surface area contributed by atoms with Gasteiger partial charge in [0, 0.05) is 34.3 Å². The molecule has 25 heavy (non-hydrogen) atoms. The van der Waals surface area contributed by atoms with Crippen molar-refractivity contribution < 1.29 is 14.5 Å². The molecule has 0 saturated carbocycles. The van der Waals surface area contributed by atoms with Crippen LogP contribution in [-0.2, 0) is 4.79 Å². The number of carbonyl (C=O) groups excluding carboxylic acids is 1. The lowest BCUT2D eigenvalue weighted by Crippen LogP contribution is -2.27. The van der Waals surface area contributed by atoms with E-state index in [1.54, 1.807) is 11.8 Å². The zero-order valence-electron chi connectivity index (χ0n) is 13.3. The third-order valence-corrected chi connectivity index (χ3v) is 4.42. The molecule has 6 nitrogen and oxygen atoms in total. The van der Waals surface area contributed by atoms with Gasteiger partial charge in [-0.25, -0.2) is 0 Å². The molecule has 0 unspecified atom stereocenters. The molecule has 0 aliphatic heterocycles. The van der Waals surface area contributed by atoms with Crippen LogP contribution in [0.1, 0.15) is 6.42 Å². The van der Waals surface area contributed by atoms with Crippen molar-refractivity contribution in [1.29, 1.82) is 0 Å². The molecule has 1 amide bonds. The molecule has 0 spiro atoms. The molecule has 0 fully saturated rings. The van der Waals surface area contributed by atoms with E-state index in [9.17, 15) is 14.9 Å². The van der Waals surface area contributed by atoms with E-state index < -0.39 is 4.92 Å². The first-order valence-corrected chi connectivity index (χ1v) is 8.93. The van der Waals surface area contributed by atoms with Crippen molar-refractivity contribution in [3.05, 3.63) is 63.7 Å². The highest BCUT2D eigenvalue weighted by Crippen LogP contribution is 2.19. The first-order chi connectivity index (χ1) is 12.0. The van der Waals surface area contributed by atoms with Gasteiger partial charge in [0.2, 0.25) is 5.91 Å². The molecule has 0 aliphatic carbocycles. The molecule has 2 rings (SSSR count). The molecule has 8 heteroatoms. The van der Waals surface area contributed by atoms with Crippen molar-refractivity contribution in [2.45, 2.75) is 11.3 Å². The van der Waals surface area contributed by atoms with Gasteiger partial charge < -0.3 is 10.1 Å². The quantitative estimate of drug-likeness (QED) is 0.308. The van der Waals surface area contributed by atoms with Crippen LogP contribution in [0.25, 0.3) is 0 Å². The Kier molecular flexibility index (Phi) is 7.56. The largest absolute Gasteiger partial charge is 0.493 e. The summed E-state index contributed by atoms with van der Waals surface area (Å²) in [4.78, 5) is 22.9.